The lowest BCUT2D eigenvalue weighted by Gasteiger charge is -2.05. The number of primary amides is 1. The van der Waals surface area contributed by atoms with E-state index >= 15 is 0 Å². The van der Waals surface area contributed by atoms with Crippen LogP contribution < -0.4 is 5.73 Å². The number of amides is 3. The summed E-state index contributed by atoms with van der Waals surface area (Å²) in [5, 5.41) is 0. The van der Waals surface area contributed by atoms with Gasteiger partial charge in [-0.3, -0.25) is 4.79 Å². The normalized spacial score (nSPS) is 16.9. The van der Waals surface area contributed by atoms with Gasteiger partial charge < -0.3 is 5.73 Å². The van der Waals surface area contributed by atoms with E-state index in [-0.39, 0.29) is 12.3 Å². The quantitative estimate of drug-likeness (QED) is 0.489. The van der Waals surface area contributed by atoms with E-state index in [9.17, 15) is 9.59 Å². The van der Waals surface area contributed by atoms with Crippen molar-refractivity contribution < 1.29 is 9.59 Å². The summed E-state index contributed by atoms with van der Waals surface area (Å²) in [5.41, 5.74) is 4.80. The molecular formula is C5H6N2O2. The van der Waals surface area contributed by atoms with Crippen molar-refractivity contribution in [3.63, 3.8) is 0 Å². The van der Waals surface area contributed by atoms with Crippen LogP contribution in [0.3, 0.4) is 0 Å². The van der Waals surface area contributed by atoms with Crippen molar-refractivity contribution in [1.29, 1.82) is 0 Å². The Labute approximate surface area is 51.9 Å². The summed E-state index contributed by atoms with van der Waals surface area (Å²) in [5.74, 6) is -0.262. The molecule has 3 amide bonds. The third-order valence-corrected chi connectivity index (χ3v) is 1.05. The summed E-state index contributed by atoms with van der Waals surface area (Å²) < 4.78 is 0. The molecule has 1 aliphatic heterocycles. The molecule has 0 saturated heterocycles. The zero-order chi connectivity index (χ0) is 6.85. The molecular weight excluding hydrogens is 120 g/mol. The average molecular weight is 126 g/mol. The maximum atomic E-state index is 10.6. The van der Waals surface area contributed by atoms with Gasteiger partial charge in [-0.25, -0.2) is 9.69 Å². The molecule has 1 aliphatic rings. The third-order valence-electron chi connectivity index (χ3n) is 1.05. The minimum absolute atomic E-state index is 0.262. The van der Waals surface area contributed by atoms with Gasteiger partial charge in [0.1, 0.15) is 0 Å². The molecule has 4 heteroatoms. The highest BCUT2D eigenvalue weighted by Gasteiger charge is 2.18. The second kappa shape index (κ2) is 1.89. The number of nitrogens with two attached hydrogens (primary N) is 1. The van der Waals surface area contributed by atoms with Crippen LogP contribution >= 0.6 is 0 Å². The Morgan fingerprint density at radius 3 is 2.67 bits per heavy atom. The molecule has 0 aromatic carbocycles. The zero-order valence-corrected chi connectivity index (χ0v) is 4.70. The summed E-state index contributed by atoms with van der Waals surface area (Å²) in [6.07, 6.45) is 3.25. The minimum atomic E-state index is -0.714. The topological polar surface area (TPSA) is 63.4 Å². The zero-order valence-electron chi connectivity index (χ0n) is 4.70. The van der Waals surface area contributed by atoms with Gasteiger partial charge in [-0.1, -0.05) is 6.08 Å². The van der Waals surface area contributed by atoms with Crippen molar-refractivity contribution in [3.8, 4) is 0 Å². The largest absolute Gasteiger partial charge is 0.351 e. The van der Waals surface area contributed by atoms with E-state index in [1.807, 2.05) is 0 Å². The maximum absolute atomic E-state index is 10.6. The number of urea groups is 1. The van der Waals surface area contributed by atoms with Crippen LogP contribution in [0.15, 0.2) is 12.3 Å². The highest BCUT2D eigenvalue weighted by atomic mass is 16.2. The van der Waals surface area contributed by atoms with Crippen LogP contribution in [0.2, 0.25) is 0 Å². The minimum Gasteiger partial charge on any atom is -0.351 e. The lowest BCUT2D eigenvalue weighted by molar-refractivity contribution is -0.124. The second-order valence-electron chi connectivity index (χ2n) is 1.69. The van der Waals surface area contributed by atoms with Gasteiger partial charge in [-0.15, -0.1) is 0 Å². The van der Waals surface area contributed by atoms with E-state index < -0.39 is 6.03 Å². The number of rotatable bonds is 0. The first-order chi connectivity index (χ1) is 4.22. The summed E-state index contributed by atoms with van der Waals surface area (Å²) >= 11 is 0. The summed E-state index contributed by atoms with van der Waals surface area (Å²) in [4.78, 5) is 21.8. The van der Waals surface area contributed by atoms with E-state index in [0.29, 0.717) is 0 Å². The summed E-state index contributed by atoms with van der Waals surface area (Å²) in [6, 6.07) is -0.714. The number of carbonyl (C=O) groups excluding carboxylic acids is 2. The molecule has 0 aromatic heterocycles. The van der Waals surface area contributed by atoms with Crippen LogP contribution in [-0.4, -0.2) is 16.8 Å². The molecule has 1 heterocycles. The summed E-state index contributed by atoms with van der Waals surface area (Å²) in [7, 11) is 0. The fourth-order valence-electron chi connectivity index (χ4n) is 0.637. The van der Waals surface area contributed by atoms with Gasteiger partial charge in [-0.05, 0) is 0 Å². The molecule has 0 unspecified atom stereocenters. The fourth-order valence-corrected chi connectivity index (χ4v) is 0.637. The van der Waals surface area contributed by atoms with Crippen molar-refractivity contribution in [2.75, 3.05) is 0 Å². The molecule has 1 rings (SSSR count). The molecule has 0 saturated carbocycles. The maximum Gasteiger partial charge on any atom is 0.325 e. The predicted molar refractivity (Wildman–Crippen MR) is 30.2 cm³/mol. The average Bonchev–Trinajstić information content (AvgIpc) is 2.13. The van der Waals surface area contributed by atoms with Gasteiger partial charge in [0.15, 0.2) is 0 Å². The van der Waals surface area contributed by atoms with Crippen LogP contribution in [0.1, 0.15) is 6.42 Å². The van der Waals surface area contributed by atoms with Crippen molar-refractivity contribution in [2.24, 2.45) is 5.73 Å². The molecule has 0 radical (unpaired) electrons. The van der Waals surface area contributed by atoms with Gasteiger partial charge in [-0.2, -0.15) is 0 Å². The van der Waals surface area contributed by atoms with Gasteiger partial charge in [0.05, 0.1) is 0 Å². The number of hydrogen-bond acceptors (Lipinski definition) is 2. The Hall–Kier alpha value is -1.32. The molecule has 2 N–H and O–H groups in total. The van der Waals surface area contributed by atoms with E-state index in [0.717, 1.165) is 4.90 Å². The lowest BCUT2D eigenvalue weighted by atomic mass is 10.4. The predicted octanol–water partition coefficient (Wildman–Crippen LogP) is -0.189. The number of nitrogens with zero attached hydrogens (tertiary/aromatic N) is 1. The number of imide groups is 1. The smallest absolute Gasteiger partial charge is 0.325 e. The van der Waals surface area contributed by atoms with Crippen molar-refractivity contribution in [3.05, 3.63) is 12.3 Å². The molecule has 0 aromatic rings. The van der Waals surface area contributed by atoms with Gasteiger partial charge >= 0.3 is 6.03 Å². The first-order valence-electron chi connectivity index (χ1n) is 2.50. The van der Waals surface area contributed by atoms with E-state index in [4.69, 9.17) is 5.73 Å². The Balaban J connectivity index is 2.71. The van der Waals surface area contributed by atoms with Crippen LogP contribution in [0, 0.1) is 0 Å². The Morgan fingerprint density at radius 2 is 2.44 bits per heavy atom. The second-order valence-corrected chi connectivity index (χ2v) is 1.69. The fraction of sp³-hybridized carbons (Fsp3) is 0.200. The van der Waals surface area contributed by atoms with E-state index in [1.165, 1.54) is 6.20 Å². The molecule has 0 atom stereocenters. The standard InChI is InChI=1S/C5H6N2O2/c6-5(9)7-3-1-2-4(7)8/h1,3H,2H2,(H2,6,9). The molecule has 48 valence electrons. The molecule has 9 heavy (non-hydrogen) atoms. The van der Waals surface area contributed by atoms with Crippen LogP contribution in [0.4, 0.5) is 4.79 Å². The molecule has 0 bridgehead atoms. The van der Waals surface area contributed by atoms with Gasteiger partial charge in [0, 0.05) is 12.6 Å². The van der Waals surface area contributed by atoms with Crippen molar-refractivity contribution >= 4 is 11.9 Å². The molecule has 4 nitrogen and oxygen atoms in total. The Kier molecular flexibility index (Phi) is 1.22. The number of hydrogen-bond donors (Lipinski definition) is 1. The Bertz CT molecular complexity index is 185. The monoisotopic (exact) mass is 126 g/mol. The van der Waals surface area contributed by atoms with Gasteiger partial charge in [0.2, 0.25) is 5.91 Å². The third kappa shape index (κ3) is 0.910. The molecule has 0 aliphatic carbocycles. The number of carbonyl (C=O) groups is 2. The highest BCUT2D eigenvalue weighted by molar-refractivity contribution is 5.97. The highest BCUT2D eigenvalue weighted by Crippen LogP contribution is 2.04. The first kappa shape index (κ1) is 5.81. The van der Waals surface area contributed by atoms with E-state index in [2.05, 4.69) is 0 Å². The van der Waals surface area contributed by atoms with Gasteiger partial charge in [0.25, 0.3) is 0 Å². The van der Waals surface area contributed by atoms with Crippen LogP contribution in [-0.2, 0) is 4.79 Å². The molecule has 0 fully saturated rings. The van der Waals surface area contributed by atoms with Crippen molar-refractivity contribution in [2.45, 2.75) is 6.42 Å². The van der Waals surface area contributed by atoms with Crippen LogP contribution in [0.5, 0.6) is 0 Å². The van der Waals surface area contributed by atoms with Crippen LogP contribution in [0.25, 0.3) is 0 Å². The Morgan fingerprint density at radius 1 is 1.78 bits per heavy atom. The lowest BCUT2D eigenvalue weighted by Crippen LogP contribution is -2.33. The van der Waals surface area contributed by atoms with Crippen molar-refractivity contribution in [1.82, 2.24) is 4.90 Å². The summed E-state index contributed by atoms with van der Waals surface area (Å²) in [6.45, 7) is 0. The molecule has 0 spiro atoms. The SMILES string of the molecule is NC(=O)N1C=CCC1=O. The van der Waals surface area contributed by atoms with E-state index in [1.54, 1.807) is 6.08 Å². The first-order valence-corrected chi connectivity index (χ1v) is 2.50.